The molecule has 0 aliphatic carbocycles. The highest BCUT2D eigenvalue weighted by atomic mass is 16.6. The maximum atomic E-state index is 12.2. The zero-order valence-corrected chi connectivity index (χ0v) is 13.5. The Morgan fingerprint density at radius 1 is 1.50 bits per heavy atom. The van der Waals surface area contributed by atoms with Crippen molar-refractivity contribution in [3.05, 3.63) is 18.3 Å². The number of aromatic nitrogens is 1. The van der Waals surface area contributed by atoms with Crippen LogP contribution in [0.15, 0.2) is 18.3 Å². The first kappa shape index (κ1) is 16.4. The fraction of sp³-hybridized carbons (Fsp3) is 0.625. The van der Waals surface area contributed by atoms with Crippen LogP contribution in [0.25, 0.3) is 0 Å². The third-order valence-electron chi connectivity index (χ3n) is 3.48. The van der Waals surface area contributed by atoms with Crippen LogP contribution in [-0.4, -0.2) is 40.8 Å². The standard InChI is InChI=1S/C16H25N3O3/c1-16(2,3)22-15(20)19-9-4-5-12(19)7-10-21-13-6-8-18-14(17)11-13/h6,8,11-12H,4-5,7,9-10H2,1-3H3,(H2,17,18). The number of nitrogens with zero attached hydrogens (tertiary/aromatic N) is 2. The molecule has 1 aliphatic heterocycles. The summed E-state index contributed by atoms with van der Waals surface area (Å²) in [6, 6.07) is 3.64. The smallest absolute Gasteiger partial charge is 0.410 e. The van der Waals surface area contributed by atoms with Gasteiger partial charge in [0.2, 0.25) is 0 Å². The number of ether oxygens (including phenoxy) is 2. The quantitative estimate of drug-likeness (QED) is 0.925. The second kappa shape index (κ2) is 6.85. The van der Waals surface area contributed by atoms with Crippen LogP contribution in [0.1, 0.15) is 40.0 Å². The highest BCUT2D eigenvalue weighted by Crippen LogP contribution is 2.23. The molecule has 1 unspecified atom stereocenters. The maximum Gasteiger partial charge on any atom is 0.410 e. The van der Waals surface area contributed by atoms with E-state index in [2.05, 4.69) is 4.98 Å². The molecule has 0 bridgehead atoms. The topological polar surface area (TPSA) is 77.7 Å². The van der Waals surface area contributed by atoms with Crippen molar-refractivity contribution in [2.24, 2.45) is 0 Å². The molecule has 1 aromatic heterocycles. The summed E-state index contributed by atoms with van der Waals surface area (Å²) in [4.78, 5) is 17.9. The van der Waals surface area contributed by atoms with E-state index < -0.39 is 5.60 Å². The molecule has 6 heteroatoms. The normalized spacial score (nSPS) is 18.3. The van der Waals surface area contributed by atoms with Crippen LogP contribution in [0.2, 0.25) is 0 Å². The monoisotopic (exact) mass is 307 g/mol. The number of rotatable bonds is 4. The van der Waals surface area contributed by atoms with Crippen molar-refractivity contribution in [1.82, 2.24) is 9.88 Å². The van der Waals surface area contributed by atoms with Gasteiger partial charge in [-0.3, -0.25) is 0 Å². The molecule has 0 radical (unpaired) electrons. The molecule has 1 aliphatic rings. The summed E-state index contributed by atoms with van der Waals surface area (Å²) in [5.41, 5.74) is 5.15. The van der Waals surface area contributed by atoms with E-state index in [0.717, 1.165) is 25.8 Å². The second-order valence-corrected chi connectivity index (χ2v) is 6.52. The number of likely N-dealkylation sites (tertiary alicyclic amines) is 1. The molecule has 1 saturated heterocycles. The lowest BCUT2D eigenvalue weighted by molar-refractivity contribution is 0.0211. The largest absolute Gasteiger partial charge is 0.493 e. The SMILES string of the molecule is CC(C)(C)OC(=O)N1CCCC1CCOc1ccnc(N)c1. The van der Waals surface area contributed by atoms with Gasteiger partial charge >= 0.3 is 6.09 Å². The van der Waals surface area contributed by atoms with E-state index in [1.54, 1.807) is 18.3 Å². The van der Waals surface area contributed by atoms with Gasteiger partial charge in [0, 0.05) is 31.3 Å². The highest BCUT2D eigenvalue weighted by molar-refractivity contribution is 5.68. The van der Waals surface area contributed by atoms with Crippen molar-refractivity contribution in [1.29, 1.82) is 0 Å². The fourth-order valence-corrected chi connectivity index (χ4v) is 2.53. The zero-order chi connectivity index (χ0) is 16.2. The number of carbonyl (C=O) groups is 1. The Bertz CT molecular complexity index is 514. The van der Waals surface area contributed by atoms with Crippen molar-refractivity contribution in [2.75, 3.05) is 18.9 Å². The summed E-state index contributed by atoms with van der Waals surface area (Å²) in [5.74, 6) is 1.14. The third-order valence-corrected chi connectivity index (χ3v) is 3.48. The summed E-state index contributed by atoms with van der Waals surface area (Å²) in [5, 5.41) is 0. The molecule has 0 aromatic carbocycles. The second-order valence-electron chi connectivity index (χ2n) is 6.52. The summed E-state index contributed by atoms with van der Waals surface area (Å²) in [7, 11) is 0. The van der Waals surface area contributed by atoms with Gasteiger partial charge in [-0.1, -0.05) is 0 Å². The molecule has 1 aromatic rings. The molecule has 0 spiro atoms. The predicted molar refractivity (Wildman–Crippen MR) is 84.7 cm³/mol. The Kier molecular flexibility index (Phi) is 5.11. The molecule has 1 amide bonds. The van der Waals surface area contributed by atoms with Crippen LogP contribution >= 0.6 is 0 Å². The van der Waals surface area contributed by atoms with Gasteiger partial charge < -0.3 is 20.1 Å². The van der Waals surface area contributed by atoms with E-state index in [1.807, 2.05) is 25.7 Å². The van der Waals surface area contributed by atoms with E-state index >= 15 is 0 Å². The molecule has 1 fully saturated rings. The molecular weight excluding hydrogens is 282 g/mol. The third kappa shape index (κ3) is 4.79. The van der Waals surface area contributed by atoms with E-state index in [1.165, 1.54) is 0 Å². The van der Waals surface area contributed by atoms with Gasteiger partial charge in [-0.15, -0.1) is 0 Å². The van der Waals surface area contributed by atoms with Crippen LogP contribution in [0, 0.1) is 0 Å². The van der Waals surface area contributed by atoms with E-state index in [-0.39, 0.29) is 12.1 Å². The number of nitrogens with two attached hydrogens (primary N) is 1. The average molecular weight is 307 g/mol. The molecule has 2 N–H and O–H groups in total. The first-order chi connectivity index (χ1) is 10.3. The Morgan fingerprint density at radius 2 is 2.27 bits per heavy atom. The molecule has 122 valence electrons. The highest BCUT2D eigenvalue weighted by Gasteiger charge is 2.31. The Balaban J connectivity index is 1.82. The lowest BCUT2D eigenvalue weighted by Crippen LogP contribution is -2.40. The van der Waals surface area contributed by atoms with Crippen LogP contribution in [0.4, 0.5) is 10.6 Å². The Hall–Kier alpha value is -1.98. The van der Waals surface area contributed by atoms with Crippen LogP contribution < -0.4 is 10.5 Å². The van der Waals surface area contributed by atoms with Gasteiger partial charge in [-0.2, -0.15) is 0 Å². The van der Waals surface area contributed by atoms with Crippen molar-refractivity contribution < 1.29 is 14.3 Å². The minimum atomic E-state index is -0.463. The summed E-state index contributed by atoms with van der Waals surface area (Å²) < 4.78 is 11.1. The van der Waals surface area contributed by atoms with Crippen molar-refractivity contribution in [3.8, 4) is 5.75 Å². The van der Waals surface area contributed by atoms with Gasteiger partial charge in [0.05, 0.1) is 6.61 Å². The Labute approximate surface area is 131 Å². The van der Waals surface area contributed by atoms with Crippen molar-refractivity contribution in [3.63, 3.8) is 0 Å². The predicted octanol–water partition coefficient (Wildman–Crippen LogP) is 2.83. The van der Waals surface area contributed by atoms with Crippen LogP contribution in [0.5, 0.6) is 5.75 Å². The first-order valence-corrected chi connectivity index (χ1v) is 7.69. The number of pyridine rings is 1. The first-order valence-electron chi connectivity index (χ1n) is 7.69. The number of nitrogen functional groups attached to an aromatic ring is 1. The van der Waals surface area contributed by atoms with Crippen molar-refractivity contribution in [2.45, 2.75) is 51.7 Å². The number of carbonyl (C=O) groups excluding carboxylic acids is 1. The molecule has 2 heterocycles. The van der Waals surface area contributed by atoms with E-state index in [4.69, 9.17) is 15.2 Å². The van der Waals surface area contributed by atoms with Crippen LogP contribution in [-0.2, 0) is 4.74 Å². The molecule has 0 saturated carbocycles. The van der Waals surface area contributed by atoms with Gasteiger partial charge in [0.15, 0.2) is 0 Å². The molecule has 22 heavy (non-hydrogen) atoms. The summed E-state index contributed by atoms with van der Waals surface area (Å²) in [6.45, 7) is 6.93. The van der Waals surface area contributed by atoms with Gasteiger partial charge in [-0.05, 0) is 39.7 Å². The Morgan fingerprint density at radius 3 is 2.95 bits per heavy atom. The number of hydrogen-bond donors (Lipinski definition) is 1. The number of amides is 1. The summed E-state index contributed by atoms with van der Waals surface area (Å²) in [6.07, 6.45) is 4.16. The van der Waals surface area contributed by atoms with Gasteiger partial charge in [0.25, 0.3) is 0 Å². The van der Waals surface area contributed by atoms with E-state index in [0.29, 0.717) is 18.2 Å². The zero-order valence-electron chi connectivity index (χ0n) is 13.5. The summed E-state index contributed by atoms with van der Waals surface area (Å²) >= 11 is 0. The average Bonchev–Trinajstić information content (AvgIpc) is 2.85. The van der Waals surface area contributed by atoms with Crippen LogP contribution in [0.3, 0.4) is 0 Å². The van der Waals surface area contributed by atoms with Gasteiger partial charge in [-0.25, -0.2) is 9.78 Å². The lowest BCUT2D eigenvalue weighted by Gasteiger charge is -2.28. The maximum absolute atomic E-state index is 12.2. The lowest BCUT2D eigenvalue weighted by atomic mass is 10.1. The number of hydrogen-bond acceptors (Lipinski definition) is 5. The fourth-order valence-electron chi connectivity index (χ4n) is 2.53. The molecular formula is C16H25N3O3. The molecule has 6 nitrogen and oxygen atoms in total. The van der Waals surface area contributed by atoms with Crippen molar-refractivity contribution >= 4 is 11.9 Å². The van der Waals surface area contributed by atoms with Gasteiger partial charge in [0.1, 0.15) is 17.2 Å². The molecule has 1 atom stereocenters. The number of anilines is 1. The van der Waals surface area contributed by atoms with E-state index in [9.17, 15) is 4.79 Å². The molecule has 2 rings (SSSR count). The minimum Gasteiger partial charge on any atom is -0.493 e. The minimum absolute atomic E-state index is 0.175.